The normalized spacial score (nSPS) is 18.1. The van der Waals surface area contributed by atoms with E-state index >= 15 is 0 Å². The molecule has 2 heterocycles. The first-order valence-corrected chi connectivity index (χ1v) is 6.77. The van der Waals surface area contributed by atoms with E-state index in [1.54, 1.807) is 0 Å². The van der Waals surface area contributed by atoms with Crippen LogP contribution in [0.3, 0.4) is 0 Å². The van der Waals surface area contributed by atoms with E-state index in [1.807, 2.05) is 13.1 Å². The maximum absolute atomic E-state index is 4.30. The van der Waals surface area contributed by atoms with Gasteiger partial charge in [-0.15, -0.1) is 0 Å². The van der Waals surface area contributed by atoms with E-state index < -0.39 is 0 Å². The standard InChI is InChI=1S/C14H24N4/c1-13-3-4-14(12-16-13)11-15-5-6-18-9-7-17(2)8-10-18/h3-4,12,15H,5-11H2,1-2H3. The molecule has 0 radical (unpaired) electrons. The summed E-state index contributed by atoms with van der Waals surface area (Å²) in [6.45, 7) is 9.93. The average Bonchev–Trinajstić information content (AvgIpc) is 2.39. The molecule has 0 aliphatic carbocycles. The number of nitrogens with zero attached hydrogens (tertiary/aromatic N) is 3. The topological polar surface area (TPSA) is 31.4 Å². The molecule has 1 saturated heterocycles. The highest BCUT2D eigenvalue weighted by molar-refractivity contribution is 5.12. The zero-order valence-electron chi connectivity index (χ0n) is 11.5. The van der Waals surface area contributed by atoms with Gasteiger partial charge in [-0.3, -0.25) is 9.88 Å². The molecule has 1 aromatic heterocycles. The molecule has 0 saturated carbocycles. The highest BCUT2D eigenvalue weighted by Gasteiger charge is 2.12. The third-order valence-corrected chi connectivity index (χ3v) is 3.50. The van der Waals surface area contributed by atoms with Crippen LogP contribution in [0.5, 0.6) is 0 Å². The fraction of sp³-hybridized carbons (Fsp3) is 0.643. The van der Waals surface area contributed by atoms with Crippen molar-refractivity contribution in [1.29, 1.82) is 0 Å². The Morgan fingerprint density at radius 2 is 2.00 bits per heavy atom. The molecule has 1 aliphatic rings. The van der Waals surface area contributed by atoms with Crippen LogP contribution < -0.4 is 5.32 Å². The SMILES string of the molecule is Cc1ccc(CNCCN2CCN(C)CC2)cn1. The molecule has 0 amide bonds. The number of rotatable bonds is 5. The van der Waals surface area contributed by atoms with E-state index in [1.165, 1.54) is 31.7 Å². The number of hydrogen-bond acceptors (Lipinski definition) is 4. The van der Waals surface area contributed by atoms with Gasteiger partial charge in [0.25, 0.3) is 0 Å². The van der Waals surface area contributed by atoms with Crippen LogP contribution in [0.15, 0.2) is 18.3 Å². The molecule has 0 bridgehead atoms. The van der Waals surface area contributed by atoms with Gasteiger partial charge in [-0.2, -0.15) is 0 Å². The smallest absolute Gasteiger partial charge is 0.0372 e. The van der Waals surface area contributed by atoms with Crippen LogP contribution in [-0.2, 0) is 6.54 Å². The zero-order chi connectivity index (χ0) is 12.8. The Balaban J connectivity index is 1.60. The lowest BCUT2D eigenvalue weighted by atomic mass is 10.2. The van der Waals surface area contributed by atoms with Gasteiger partial charge in [-0.05, 0) is 25.6 Å². The van der Waals surface area contributed by atoms with Crippen LogP contribution in [0.25, 0.3) is 0 Å². The molecule has 0 unspecified atom stereocenters. The number of likely N-dealkylation sites (N-methyl/N-ethyl adjacent to an activating group) is 1. The molecule has 0 spiro atoms. The molecule has 0 atom stereocenters. The summed E-state index contributed by atoms with van der Waals surface area (Å²) in [5, 5.41) is 3.48. The second-order valence-electron chi connectivity index (χ2n) is 5.13. The van der Waals surface area contributed by atoms with E-state index in [4.69, 9.17) is 0 Å². The van der Waals surface area contributed by atoms with Crippen molar-refractivity contribution in [3.05, 3.63) is 29.6 Å². The van der Waals surface area contributed by atoms with E-state index in [0.29, 0.717) is 0 Å². The molecule has 0 aromatic carbocycles. The summed E-state index contributed by atoms with van der Waals surface area (Å²) in [4.78, 5) is 9.22. The van der Waals surface area contributed by atoms with Crippen molar-refractivity contribution in [3.8, 4) is 0 Å². The molecule has 2 rings (SSSR count). The lowest BCUT2D eigenvalue weighted by molar-refractivity contribution is 0.154. The number of hydrogen-bond donors (Lipinski definition) is 1. The van der Waals surface area contributed by atoms with Gasteiger partial charge in [0.1, 0.15) is 0 Å². The highest BCUT2D eigenvalue weighted by Crippen LogP contribution is 1.99. The highest BCUT2D eigenvalue weighted by atomic mass is 15.2. The van der Waals surface area contributed by atoms with Crippen molar-refractivity contribution in [1.82, 2.24) is 20.1 Å². The van der Waals surface area contributed by atoms with Crippen molar-refractivity contribution >= 4 is 0 Å². The van der Waals surface area contributed by atoms with Gasteiger partial charge < -0.3 is 10.2 Å². The third kappa shape index (κ3) is 4.37. The molecule has 4 nitrogen and oxygen atoms in total. The number of aryl methyl sites for hydroxylation is 1. The fourth-order valence-electron chi connectivity index (χ4n) is 2.14. The monoisotopic (exact) mass is 248 g/mol. The summed E-state index contributed by atoms with van der Waals surface area (Å²) < 4.78 is 0. The average molecular weight is 248 g/mol. The zero-order valence-corrected chi connectivity index (χ0v) is 11.5. The number of piperazine rings is 1. The van der Waals surface area contributed by atoms with Crippen LogP contribution in [0.4, 0.5) is 0 Å². The number of pyridine rings is 1. The molecular weight excluding hydrogens is 224 g/mol. The molecule has 4 heteroatoms. The minimum absolute atomic E-state index is 0.918. The van der Waals surface area contributed by atoms with Crippen LogP contribution in [0, 0.1) is 6.92 Å². The summed E-state index contributed by atoms with van der Waals surface area (Å²) in [5.74, 6) is 0. The van der Waals surface area contributed by atoms with Gasteiger partial charge >= 0.3 is 0 Å². The van der Waals surface area contributed by atoms with E-state index in [-0.39, 0.29) is 0 Å². The molecule has 1 aromatic rings. The maximum Gasteiger partial charge on any atom is 0.0372 e. The number of aromatic nitrogens is 1. The van der Waals surface area contributed by atoms with E-state index in [2.05, 4.69) is 39.3 Å². The Hall–Kier alpha value is -0.970. The molecule has 18 heavy (non-hydrogen) atoms. The summed E-state index contributed by atoms with van der Waals surface area (Å²) in [7, 11) is 2.19. The van der Waals surface area contributed by atoms with Gasteiger partial charge in [0.05, 0.1) is 0 Å². The van der Waals surface area contributed by atoms with E-state index in [9.17, 15) is 0 Å². The minimum atomic E-state index is 0.918. The van der Waals surface area contributed by atoms with Crippen molar-refractivity contribution in [3.63, 3.8) is 0 Å². The third-order valence-electron chi connectivity index (χ3n) is 3.50. The molecule has 1 aliphatic heterocycles. The van der Waals surface area contributed by atoms with Gasteiger partial charge in [-0.25, -0.2) is 0 Å². The van der Waals surface area contributed by atoms with Crippen molar-refractivity contribution in [2.45, 2.75) is 13.5 Å². The van der Waals surface area contributed by atoms with Crippen molar-refractivity contribution < 1.29 is 0 Å². The predicted octanol–water partition coefficient (Wildman–Crippen LogP) is 0.727. The Bertz CT molecular complexity index is 341. The van der Waals surface area contributed by atoms with Crippen LogP contribution in [0.2, 0.25) is 0 Å². The van der Waals surface area contributed by atoms with Crippen LogP contribution in [-0.4, -0.2) is 61.1 Å². The Morgan fingerprint density at radius 3 is 2.67 bits per heavy atom. The maximum atomic E-state index is 4.30. The lowest BCUT2D eigenvalue weighted by Crippen LogP contribution is -2.46. The summed E-state index contributed by atoms with van der Waals surface area (Å²) in [6.07, 6.45) is 1.96. The van der Waals surface area contributed by atoms with E-state index in [0.717, 1.165) is 25.3 Å². The first kappa shape index (κ1) is 13.5. The lowest BCUT2D eigenvalue weighted by Gasteiger charge is -2.32. The van der Waals surface area contributed by atoms with Crippen LogP contribution >= 0.6 is 0 Å². The second-order valence-corrected chi connectivity index (χ2v) is 5.13. The molecule has 100 valence electrons. The molecular formula is C14H24N4. The Kier molecular flexibility index (Phi) is 5.11. The van der Waals surface area contributed by atoms with Gasteiger partial charge in [0.15, 0.2) is 0 Å². The van der Waals surface area contributed by atoms with Crippen molar-refractivity contribution in [2.75, 3.05) is 46.3 Å². The van der Waals surface area contributed by atoms with Crippen LogP contribution in [0.1, 0.15) is 11.3 Å². The summed E-state index contributed by atoms with van der Waals surface area (Å²) >= 11 is 0. The number of nitrogens with one attached hydrogen (secondary N) is 1. The minimum Gasteiger partial charge on any atom is -0.311 e. The van der Waals surface area contributed by atoms with Gasteiger partial charge in [-0.1, -0.05) is 6.07 Å². The Labute approximate surface area is 110 Å². The Morgan fingerprint density at radius 1 is 1.22 bits per heavy atom. The first-order chi connectivity index (χ1) is 8.74. The quantitative estimate of drug-likeness (QED) is 0.778. The summed E-state index contributed by atoms with van der Waals surface area (Å²) in [5.41, 5.74) is 2.34. The second kappa shape index (κ2) is 6.83. The fourth-order valence-corrected chi connectivity index (χ4v) is 2.14. The van der Waals surface area contributed by atoms with Gasteiger partial charge in [0.2, 0.25) is 0 Å². The predicted molar refractivity (Wildman–Crippen MR) is 74.6 cm³/mol. The molecule has 1 N–H and O–H groups in total. The summed E-state index contributed by atoms with van der Waals surface area (Å²) in [6, 6.07) is 4.21. The van der Waals surface area contributed by atoms with Gasteiger partial charge in [0, 0.05) is 57.7 Å². The molecule has 1 fully saturated rings. The first-order valence-electron chi connectivity index (χ1n) is 6.77. The largest absolute Gasteiger partial charge is 0.311 e. The van der Waals surface area contributed by atoms with Crippen molar-refractivity contribution in [2.24, 2.45) is 0 Å².